The standard InChI is InChI=1S/C9H12O4S/c1-2-7-6(9(12)13)3-5(4-14-7)8(10)11/h5H,2-4H2,1H3,(H,10,11)(H,12,13)/t5-/m0/s1. The molecule has 0 amide bonds. The highest BCUT2D eigenvalue weighted by Crippen LogP contribution is 2.35. The summed E-state index contributed by atoms with van der Waals surface area (Å²) in [6.07, 6.45) is 0.819. The van der Waals surface area contributed by atoms with Gasteiger partial charge in [0, 0.05) is 11.3 Å². The van der Waals surface area contributed by atoms with Crippen molar-refractivity contribution in [3.8, 4) is 0 Å². The van der Waals surface area contributed by atoms with Gasteiger partial charge in [-0.15, -0.1) is 11.8 Å². The van der Waals surface area contributed by atoms with Gasteiger partial charge in [-0.2, -0.15) is 0 Å². The fourth-order valence-electron chi connectivity index (χ4n) is 1.39. The van der Waals surface area contributed by atoms with Gasteiger partial charge in [0.2, 0.25) is 0 Å². The smallest absolute Gasteiger partial charge is 0.332 e. The van der Waals surface area contributed by atoms with E-state index in [9.17, 15) is 9.59 Å². The molecular weight excluding hydrogens is 204 g/mol. The number of thioether (sulfide) groups is 1. The maximum absolute atomic E-state index is 10.8. The summed E-state index contributed by atoms with van der Waals surface area (Å²) in [5.74, 6) is -1.97. The minimum atomic E-state index is -0.986. The number of carboxylic acid groups (broad SMARTS) is 2. The fraction of sp³-hybridized carbons (Fsp3) is 0.556. The zero-order chi connectivity index (χ0) is 10.7. The minimum absolute atomic E-state index is 0.154. The molecule has 0 aliphatic carbocycles. The normalized spacial score (nSPS) is 22.2. The molecule has 1 rings (SSSR count). The number of allylic oxidation sites excluding steroid dienone is 1. The van der Waals surface area contributed by atoms with Crippen LogP contribution in [0.1, 0.15) is 19.8 Å². The zero-order valence-electron chi connectivity index (χ0n) is 7.82. The second-order valence-corrected chi connectivity index (χ2v) is 4.23. The maximum Gasteiger partial charge on any atom is 0.332 e. The average molecular weight is 216 g/mol. The summed E-state index contributed by atoms with van der Waals surface area (Å²) >= 11 is 1.35. The summed E-state index contributed by atoms with van der Waals surface area (Å²) in [7, 11) is 0. The fourth-order valence-corrected chi connectivity index (χ4v) is 2.60. The minimum Gasteiger partial charge on any atom is -0.481 e. The highest BCUT2D eigenvalue weighted by molar-refractivity contribution is 8.03. The van der Waals surface area contributed by atoms with E-state index in [1.807, 2.05) is 6.92 Å². The Bertz CT molecular complexity index is 295. The van der Waals surface area contributed by atoms with Gasteiger partial charge in [0.15, 0.2) is 0 Å². The van der Waals surface area contributed by atoms with Crippen molar-refractivity contribution in [1.29, 1.82) is 0 Å². The van der Waals surface area contributed by atoms with Gasteiger partial charge in [0.25, 0.3) is 0 Å². The topological polar surface area (TPSA) is 74.6 Å². The van der Waals surface area contributed by atoms with E-state index in [1.54, 1.807) is 0 Å². The third-order valence-corrected chi connectivity index (χ3v) is 3.63. The largest absolute Gasteiger partial charge is 0.481 e. The van der Waals surface area contributed by atoms with Crippen LogP contribution in [0.25, 0.3) is 0 Å². The third kappa shape index (κ3) is 2.29. The molecule has 1 aliphatic heterocycles. The number of hydrogen-bond donors (Lipinski definition) is 2. The van der Waals surface area contributed by atoms with Crippen molar-refractivity contribution in [2.75, 3.05) is 5.75 Å². The van der Waals surface area contributed by atoms with E-state index in [4.69, 9.17) is 10.2 Å². The Hall–Kier alpha value is -0.970. The molecule has 0 aromatic heterocycles. The van der Waals surface area contributed by atoms with Crippen molar-refractivity contribution in [3.63, 3.8) is 0 Å². The number of hydrogen-bond acceptors (Lipinski definition) is 3. The van der Waals surface area contributed by atoms with Crippen LogP contribution in [0.3, 0.4) is 0 Å². The Morgan fingerprint density at radius 2 is 2.14 bits per heavy atom. The maximum atomic E-state index is 10.8. The first-order chi connectivity index (χ1) is 6.56. The molecular formula is C9H12O4S. The molecule has 1 heterocycles. The number of carboxylic acids is 2. The third-order valence-electron chi connectivity index (χ3n) is 2.17. The first kappa shape index (κ1) is 11.1. The molecule has 5 heteroatoms. The lowest BCUT2D eigenvalue weighted by atomic mass is 9.99. The molecule has 14 heavy (non-hydrogen) atoms. The van der Waals surface area contributed by atoms with Gasteiger partial charge < -0.3 is 10.2 Å². The lowest BCUT2D eigenvalue weighted by Gasteiger charge is -2.21. The van der Waals surface area contributed by atoms with Gasteiger partial charge in [-0.25, -0.2) is 4.79 Å². The highest BCUT2D eigenvalue weighted by atomic mass is 32.2. The van der Waals surface area contributed by atoms with Gasteiger partial charge in [-0.3, -0.25) is 4.79 Å². The lowest BCUT2D eigenvalue weighted by molar-refractivity contribution is -0.141. The Morgan fingerprint density at radius 1 is 1.50 bits per heavy atom. The Kier molecular flexibility index (Phi) is 3.57. The first-order valence-electron chi connectivity index (χ1n) is 4.37. The summed E-state index contributed by atoms with van der Waals surface area (Å²) in [4.78, 5) is 22.3. The summed E-state index contributed by atoms with van der Waals surface area (Å²) in [6.45, 7) is 1.88. The first-order valence-corrected chi connectivity index (χ1v) is 5.35. The van der Waals surface area contributed by atoms with E-state index in [-0.39, 0.29) is 12.0 Å². The van der Waals surface area contributed by atoms with Crippen molar-refractivity contribution in [2.45, 2.75) is 19.8 Å². The summed E-state index contributed by atoms with van der Waals surface area (Å²) in [6, 6.07) is 0. The molecule has 0 saturated carbocycles. The van der Waals surface area contributed by atoms with Crippen LogP contribution in [0.4, 0.5) is 0 Å². The van der Waals surface area contributed by atoms with Crippen molar-refractivity contribution in [2.24, 2.45) is 5.92 Å². The zero-order valence-corrected chi connectivity index (χ0v) is 8.63. The predicted molar refractivity (Wildman–Crippen MR) is 53.2 cm³/mol. The van der Waals surface area contributed by atoms with Gasteiger partial charge in [0.05, 0.1) is 5.92 Å². The van der Waals surface area contributed by atoms with Crippen LogP contribution in [-0.2, 0) is 9.59 Å². The van der Waals surface area contributed by atoms with Crippen molar-refractivity contribution >= 4 is 23.7 Å². The van der Waals surface area contributed by atoms with E-state index in [0.29, 0.717) is 12.2 Å². The van der Waals surface area contributed by atoms with Crippen LogP contribution in [0.5, 0.6) is 0 Å². The SMILES string of the molecule is CCC1=C(C(=O)O)C[C@H](C(=O)O)CS1. The monoisotopic (exact) mass is 216 g/mol. The van der Waals surface area contributed by atoms with Gasteiger partial charge in [-0.1, -0.05) is 6.92 Å². The molecule has 0 fully saturated rings. The number of aliphatic carboxylic acids is 2. The second kappa shape index (κ2) is 4.50. The molecule has 0 aromatic rings. The van der Waals surface area contributed by atoms with E-state index >= 15 is 0 Å². The summed E-state index contributed by atoms with van der Waals surface area (Å²) in [5, 5.41) is 17.6. The highest BCUT2D eigenvalue weighted by Gasteiger charge is 2.29. The van der Waals surface area contributed by atoms with Crippen molar-refractivity contribution in [1.82, 2.24) is 0 Å². The van der Waals surface area contributed by atoms with Crippen LogP contribution < -0.4 is 0 Å². The van der Waals surface area contributed by atoms with E-state index in [2.05, 4.69) is 0 Å². The Morgan fingerprint density at radius 3 is 2.57 bits per heavy atom. The van der Waals surface area contributed by atoms with Crippen LogP contribution in [-0.4, -0.2) is 27.9 Å². The van der Waals surface area contributed by atoms with Crippen molar-refractivity contribution < 1.29 is 19.8 Å². The van der Waals surface area contributed by atoms with Crippen LogP contribution >= 0.6 is 11.8 Å². The van der Waals surface area contributed by atoms with E-state index in [0.717, 1.165) is 4.91 Å². The molecule has 1 aliphatic rings. The van der Waals surface area contributed by atoms with Gasteiger partial charge >= 0.3 is 11.9 Å². The Balaban J connectivity index is 2.87. The number of carbonyl (C=O) groups is 2. The molecule has 0 saturated heterocycles. The summed E-state index contributed by atoms with van der Waals surface area (Å²) < 4.78 is 0. The molecule has 0 spiro atoms. The van der Waals surface area contributed by atoms with Gasteiger partial charge in [0.1, 0.15) is 0 Å². The second-order valence-electron chi connectivity index (χ2n) is 3.11. The van der Waals surface area contributed by atoms with Crippen LogP contribution in [0.15, 0.2) is 10.5 Å². The molecule has 4 nitrogen and oxygen atoms in total. The molecule has 78 valence electrons. The van der Waals surface area contributed by atoms with Crippen LogP contribution in [0.2, 0.25) is 0 Å². The molecule has 0 radical (unpaired) electrons. The quantitative estimate of drug-likeness (QED) is 0.749. The lowest BCUT2D eigenvalue weighted by Crippen LogP contribution is -2.23. The predicted octanol–water partition coefficient (Wildman–Crippen LogP) is 1.57. The Labute approximate surface area is 86.0 Å². The van der Waals surface area contributed by atoms with Crippen LogP contribution in [0, 0.1) is 5.92 Å². The number of rotatable bonds is 3. The molecule has 2 N–H and O–H groups in total. The van der Waals surface area contributed by atoms with Crippen molar-refractivity contribution in [3.05, 3.63) is 10.5 Å². The van der Waals surface area contributed by atoms with Gasteiger partial charge in [-0.05, 0) is 17.7 Å². The van der Waals surface area contributed by atoms with E-state index in [1.165, 1.54) is 11.8 Å². The summed E-state index contributed by atoms with van der Waals surface area (Å²) in [5.41, 5.74) is 0.274. The molecule has 0 unspecified atom stereocenters. The molecule has 0 bridgehead atoms. The average Bonchev–Trinajstić information content (AvgIpc) is 2.16. The molecule has 1 atom stereocenters. The van der Waals surface area contributed by atoms with E-state index < -0.39 is 17.9 Å². The molecule has 0 aromatic carbocycles.